The molecule has 1 heterocycles. The number of sulfonamides is 1. The van der Waals surface area contributed by atoms with Crippen LogP contribution in [-0.4, -0.2) is 23.6 Å². The summed E-state index contributed by atoms with van der Waals surface area (Å²) in [6, 6.07) is 8.81. The Bertz CT molecular complexity index is 746. The second-order valence-corrected chi connectivity index (χ2v) is 6.73. The van der Waals surface area contributed by atoms with Gasteiger partial charge in [0, 0.05) is 23.9 Å². The van der Waals surface area contributed by atoms with Gasteiger partial charge in [-0.2, -0.15) is 0 Å². The fourth-order valence-corrected chi connectivity index (χ4v) is 3.14. The largest absolute Gasteiger partial charge is 0.506 e. The topological polar surface area (TPSA) is 99.5 Å². The van der Waals surface area contributed by atoms with E-state index in [1.807, 2.05) is 6.07 Å². The van der Waals surface area contributed by atoms with E-state index in [1.54, 1.807) is 31.2 Å². The van der Waals surface area contributed by atoms with Gasteiger partial charge in [-0.15, -0.1) is 0 Å². The Balaban J connectivity index is 2.14. The van der Waals surface area contributed by atoms with E-state index < -0.39 is 10.0 Å². The maximum Gasteiger partial charge on any atom is 0.216 e. The number of nitrogens with one attached hydrogen (secondary N) is 1. The summed E-state index contributed by atoms with van der Waals surface area (Å²) >= 11 is 0. The van der Waals surface area contributed by atoms with Crippen molar-refractivity contribution >= 4 is 10.0 Å². The van der Waals surface area contributed by atoms with Crippen LogP contribution in [0, 0.1) is 6.92 Å². The number of aliphatic hydroxyl groups is 1. The average molecular weight is 322 g/mol. The normalized spacial score (nSPS) is 11.5. The molecule has 0 unspecified atom stereocenters. The molecule has 0 atom stereocenters. The van der Waals surface area contributed by atoms with E-state index in [2.05, 4.69) is 9.71 Å². The van der Waals surface area contributed by atoms with Gasteiger partial charge in [-0.3, -0.25) is 4.98 Å². The maximum absolute atomic E-state index is 12.1. The second kappa shape index (κ2) is 6.87. The number of benzene rings is 1. The summed E-state index contributed by atoms with van der Waals surface area (Å²) in [5, 5.41) is 19.3. The van der Waals surface area contributed by atoms with Crippen molar-refractivity contribution in [3.05, 3.63) is 58.9 Å². The zero-order valence-corrected chi connectivity index (χ0v) is 13.0. The predicted molar refractivity (Wildman–Crippen MR) is 82.5 cm³/mol. The van der Waals surface area contributed by atoms with E-state index in [-0.39, 0.29) is 24.7 Å². The minimum Gasteiger partial charge on any atom is -0.506 e. The molecule has 6 nitrogen and oxygen atoms in total. The van der Waals surface area contributed by atoms with Crippen molar-refractivity contribution in [2.24, 2.45) is 0 Å². The lowest BCUT2D eigenvalue weighted by Crippen LogP contribution is -2.25. The van der Waals surface area contributed by atoms with Gasteiger partial charge in [0.25, 0.3) is 0 Å². The molecule has 3 N–H and O–H groups in total. The smallest absolute Gasteiger partial charge is 0.216 e. The zero-order chi connectivity index (χ0) is 16.2. The van der Waals surface area contributed by atoms with Crippen LogP contribution in [0.5, 0.6) is 5.75 Å². The van der Waals surface area contributed by atoms with Crippen LogP contribution in [0.15, 0.2) is 36.5 Å². The summed E-state index contributed by atoms with van der Waals surface area (Å²) in [4.78, 5) is 3.94. The molecule has 0 amide bonds. The van der Waals surface area contributed by atoms with E-state index >= 15 is 0 Å². The van der Waals surface area contributed by atoms with Crippen LogP contribution in [0.1, 0.15) is 22.4 Å². The molecule has 0 aliphatic rings. The molecule has 0 saturated heterocycles. The van der Waals surface area contributed by atoms with Crippen LogP contribution in [0.25, 0.3) is 0 Å². The molecule has 0 aliphatic heterocycles. The monoisotopic (exact) mass is 322 g/mol. The third-order valence-electron chi connectivity index (χ3n) is 3.27. The van der Waals surface area contributed by atoms with Gasteiger partial charge in [-0.1, -0.05) is 30.3 Å². The van der Waals surface area contributed by atoms with Crippen molar-refractivity contribution in [1.82, 2.24) is 9.71 Å². The van der Waals surface area contributed by atoms with Gasteiger partial charge in [0.2, 0.25) is 10.0 Å². The number of aliphatic hydroxyl groups excluding tert-OH is 1. The van der Waals surface area contributed by atoms with Crippen molar-refractivity contribution in [1.29, 1.82) is 0 Å². The molecule has 22 heavy (non-hydrogen) atoms. The van der Waals surface area contributed by atoms with E-state index in [9.17, 15) is 18.6 Å². The molecule has 2 aromatic rings. The molecular formula is C15H18N2O4S. The number of hydrogen-bond donors (Lipinski definition) is 3. The van der Waals surface area contributed by atoms with E-state index in [1.165, 1.54) is 6.20 Å². The summed E-state index contributed by atoms with van der Waals surface area (Å²) < 4.78 is 26.6. The van der Waals surface area contributed by atoms with Gasteiger partial charge in [0.05, 0.1) is 18.1 Å². The third kappa shape index (κ3) is 4.03. The van der Waals surface area contributed by atoms with Crippen molar-refractivity contribution in [3.8, 4) is 5.75 Å². The number of aromatic hydroxyl groups is 1. The van der Waals surface area contributed by atoms with Crippen LogP contribution in [-0.2, 0) is 28.9 Å². The Morgan fingerprint density at radius 1 is 1.23 bits per heavy atom. The fourth-order valence-electron chi connectivity index (χ4n) is 2.04. The van der Waals surface area contributed by atoms with Gasteiger partial charge in [0.15, 0.2) is 0 Å². The Hall–Kier alpha value is -1.96. The third-order valence-corrected chi connectivity index (χ3v) is 4.57. The maximum atomic E-state index is 12.1. The van der Waals surface area contributed by atoms with Gasteiger partial charge in [-0.05, 0) is 12.5 Å². The quantitative estimate of drug-likeness (QED) is 0.742. The molecule has 0 bridgehead atoms. The van der Waals surface area contributed by atoms with Crippen LogP contribution in [0.4, 0.5) is 0 Å². The van der Waals surface area contributed by atoms with Gasteiger partial charge >= 0.3 is 0 Å². The lowest BCUT2D eigenvalue weighted by Gasteiger charge is -2.12. The highest BCUT2D eigenvalue weighted by Crippen LogP contribution is 2.24. The van der Waals surface area contributed by atoms with Crippen LogP contribution in [0.3, 0.4) is 0 Å². The molecule has 1 aromatic carbocycles. The Labute approximate surface area is 129 Å². The SMILES string of the molecule is Cc1ncc(CO)c(CNS(=O)(=O)Cc2ccccc2)c1O. The molecule has 0 saturated carbocycles. The summed E-state index contributed by atoms with van der Waals surface area (Å²) in [5.41, 5.74) is 1.79. The summed E-state index contributed by atoms with van der Waals surface area (Å²) in [6.45, 7) is 1.19. The lowest BCUT2D eigenvalue weighted by atomic mass is 10.1. The number of hydrogen-bond acceptors (Lipinski definition) is 5. The fraction of sp³-hybridized carbons (Fsp3) is 0.267. The first kappa shape index (κ1) is 16.4. The molecule has 0 spiro atoms. The van der Waals surface area contributed by atoms with Crippen LogP contribution >= 0.6 is 0 Å². The standard InChI is InChI=1S/C15H18N2O4S/c1-11-15(19)14(13(9-18)7-16-11)8-17-22(20,21)10-12-5-3-2-4-6-12/h2-7,17-19H,8-10H2,1H3. The molecule has 0 radical (unpaired) electrons. The van der Waals surface area contributed by atoms with Crippen molar-refractivity contribution in [2.75, 3.05) is 0 Å². The molecule has 0 fully saturated rings. The number of rotatable bonds is 6. The molecule has 2 rings (SSSR count). The minimum absolute atomic E-state index is 0.0970. The molecule has 118 valence electrons. The number of pyridine rings is 1. The zero-order valence-electron chi connectivity index (χ0n) is 12.2. The number of nitrogens with zero attached hydrogens (tertiary/aromatic N) is 1. The molecule has 0 aliphatic carbocycles. The summed E-state index contributed by atoms with van der Waals surface area (Å²) in [6.07, 6.45) is 1.43. The number of aromatic nitrogens is 1. The first-order chi connectivity index (χ1) is 10.4. The number of aryl methyl sites for hydroxylation is 1. The average Bonchev–Trinajstić information content (AvgIpc) is 2.49. The van der Waals surface area contributed by atoms with Crippen LogP contribution < -0.4 is 4.72 Å². The van der Waals surface area contributed by atoms with E-state index in [4.69, 9.17) is 0 Å². The highest BCUT2D eigenvalue weighted by atomic mass is 32.2. The molecular weight excluding hydrogens is 304 g/mol. The molecule has 7 heteroatoms. The van der Waals surface area contributed by atoms with E-state index in [0.717, 1.165) is 0 Å². The highest BCUT2D eigenvalue weighted by molar-refractivity contribution is 7.88. The van der Waals surface area contributed by atoms with Gasteiger partial charge in [-0.25, -0.2) is 13.1 Å². The second-order valence-electron chi connectivity index (χ2n) is 4.92. The summed E-state index contributed by atoms with van der Waals surface area (Å²) in [5.74, 6) is -0.249. The van der Waals surface area contributed by atoms with E-state index in [0.29, 0.717) is 22.4 Å². The Morgan fingerprint density at radius 2 is 1.91 bits per heavy atom. The van der Waals surface area contributed by atoms with Crippen molar-refractivity contribution in [3.63, 3.8) is 0 Å². The highest BCUT2D eigenvalue weighted by Gasteiger charge is 2.16. The summed E-state index contributed by atoms with van der Waals surface area (Å²) in [7, 11) is -3.55. The van der Waals surface area contributed by atoms with Crippen molar-refractivity contribution < 1.29 is 18.6 Å². The van der Waals surface area contributed by atoms with Crippen molar-refractivity contribution in [2.45, 2.75) is 25.8 Å². The Kier molecular flexibility index (Phi) is 5.12. The minimum atomic E-state index is -3.55. The first-order valence-corrected chi connectivity index (χ1v) is 8.36. The van der Waals surface area contributed by atoms with Gasteiger partial charge < -0.3 is 10.2 Å². The lowest BCUT2D eigenvalue weighted by molar-refractivity contribution is 0.279. The molecule has 1 aromatic heterocycles. The van der Waals surface area contributed by atoms with Crippen LogP contribution in [0.2, 0.25) is 0 Å². The van der Waals surface area contributed by atoms with Gasteiger partial charge in [0.1, 0.15) is 5.75 Å². The first-order valence-electron chi connectivity index (χ1n) is 6.71. The Morgan fingerprint density at radius 3 is 2.55 bits per heavy atom. The predicted octanol–water partition coefficient (Wildman–Crippen LogP) is 1.21.